The Morgan fingerprint density at radius 3 is 2.54 bits per heavy atom. The Balaban J connectivity index is 1.95. The van der Waals surface area contributed by atoms with E-state index in [4.69, 9.17) is 0 Å². The highest BCUT2D eigenvalue weighted by atomic mass is 16.2. The molecule has 0 saturated heterocycles. The van der Waals surface area contributed by atoms with Crippen LogP contribution in [0.5, 0.6) is 0 Å². The fraction of sp³-hybridized carbons (Fsp3) is 0.368. The summed E-state index contributed by atoms with van der Waals surface area (Å²) in [6.07, 6.45) is 0.896. The second kappa shape index (κ2) is 8.45. The Bertz CT molecular complexity index is 715. The lowest BCUT2D eigenvalue weighted by Crippen LogP contribution is -2.44. The van der Waals surface area contributed by atoms with E-state index in [2.05, 4.69) is 10.6 Å². The zero-order valence-corrected chi connectivity index (χ0v) is 14.5. The predicted octanol–water partition coefficient (Wildman–Crippen LogP) is 2.62. The van der Waals surface area contributed by atoms with E-state index in [0.29, 0.717) is 6.54 Å². The summed E-state index contributed by atoms with van der Waals surface area (Å²) in [6, 6.07) is 13.4. The molecule has 2 aromatic rings. The molecule has 0 aliphatic rings. The SMILES string of the molecule is CCCNC(=O)CN(C)[C@H](C)C(=O)Nc1ccc2ccccc2c1. The van der Waals surface area contributed by atoms with Crippen LogP contribution in [0.2, 0.25) is 0 Å². The van der Waals surface area contributed by atoms with Gasteiger partial charge in [-0.1, -0.05) is 37.3 Å². The first-order valence-electron chi connectivity index (χ1n) is 8.28. The number of nitrogens with zero attached hydrogens (tertiary/aromatic N) is 1. The van der Waals surface area contributed by atoms with Gasteiger partial charge >= 0.3 is 0 Å². The van der Waals surface area contributed by atoms with Crippen molar-refractivity contribution >= 4 is 28.3 Å². The minimum atomic E-state index is -0.399. The molecular weight excluding hydrogens is 302 g/mol. The molecule has 2 N–H and O–H groups in total. The van der Waals surface area contributed by atoms with Gasteiger partial charge in [0.15, 0.2) is 0 Å². The van der Waals surface area contributed by atoms with E-state index >= 15 is 0 Å². The van der Waals surface area contributed by atoms with E-state index in [1.54, 1.807) is 18.9 Å². The molecule has 0 bridgehead atoms. The van der Waals surface area contributed by atoms with Crippen molar-refractivity contribution in [1.29, 1.82) is 0 Å². The Kier molecular flexibility index (Phi) is 6.32. The smallest absolute Gasteiger partial charge is 0.241 e. The van der Waals surface area contributed by atoms with Gasteiger partial charge in [-0.2, -0.15) is 0 Å². The molecule has 1 atom stereocenters. The van der Waals surface area contributed by atoms with Gasteiger partial charge in [0.05, 0.1) is 12.6 Å². The first-order valence-corrected chi connectivity index (χ1v) is 8.28. The van der Waals surface area contributed by atoms with Crippen molar-refractivity contribution in [3.05, 3.63) is 42.5 Å². The Labute approximate surface area is 143 Å². The Morgan fingerprint density at radius 2 is 1.83 bits per heavy atom. The summed E-state index contributed by atoms with van der Waals surface area (Å²) in [5.74, 6) is -0.194. The van der Waals surface area contributed by atoms with Crippen molar-refractivity contribution in [2.24, 2.45) is 0 Å². The van der Waals surface area contributed by atoms with Crippen molar-refractivity contribution in [3.63, 3.8) is 0 Å². The average molecular weight is 327 g/mol. The van der Waals surface area contributed by atoms with Crippen LogP contribution in [0, 0.1) is 0 Å². The van der Waals surface area contributed by atoms with Gasteiger partial charge in [0.1, 0.15) is 0 Å². The summed E-state index contributed by atoms with van der Waals surface area (Å²) < 4.78 is 0. The predicted molar refractivity (Wildman–Crippen MR) is 98.0 cm³/mol. The molecule has 5 nitrogen and oxygen atoms in total. The van der Waals surface area contributed by atoms with Gasteiger partial charge in [0, 0.05) is 12.2 Å². The molecule has 0 spiro atoms. The quantitative estimate of drug-likeness (QED) is 0.822. The second-order valence-corrected chi connectivity index (χ2v) is 5.99. The molecule has 2 amide bonds. The normalized spacial score (nSPS) is 12.2. The third-order valence-corrected chi connectivity index (χ3v) is 4.02. The fourth-order valence-electron chi connectivity index (χ4n) is 2.40. The number of amides is 2. The lowest BCUT2D eigenvalue weighted by Gasteiger charge is -2.23. The number of benzene rings is 2. The van der Waals surface area contributed by atoms with Gasteiger partial charge in [-0.15, -0.1) is 0 Å². The van der Waals surface area contributed by atoms with Crippen molar-refractivity contribution < 1.29 is 9.59 Å². The van der Waals surface area contributed by atoms with Crippen LogP contribution in [0.3, 0.4) is 0 Å². The summed E-state index contributed by atoms with van der Waals surface area (Å²) in [6.45, 7) is 4.66. The highest BCUT2D eigenvalue weighted by molar-refractivity contribution is 5.97. The molecule has 2 aromatic carbocycles. The molecule has 0 heterocycles. The van der Waals surface area contributed by atoms with Crippen LogP contribution in [-0.2, 0) is 9.59 Å². The van der Waals surface area contributed by atoms with E-state index in [1.807, 2.05) is 49.4 Å². The molecular formula is C19H25N3O2. The molecule has 24 heavy (non-hydrogen) atoms. The number of nitrogens with one attached hydrogen (secondary N) is 2. The molecule has 0 unspecified atom stereocenters. The Morgan fingerprint density at radius 1 is 1.12 bits per heavy atom. The average Bonchev–Trinajstić information content (AvgIpc) is 2.59. The number of carbonyl (C=O) groups is 2. The molecule has 128 valence electrons. The van der Waals surface area contributed by atoms with Gasteiger partial charge in [0.25, 0.3) is 0 Å². The van der Waals surface area contributed by atoms with Crippen LogP contribution >= 0.6 is 0 Å². The highest BCUT2D eigenvalue weighted by Gasteiger charge is 2.20. The van der Waals surface area contributed by atoms with E-state index in [-0.39, 0.29) is 18.4 Å². The van der Waals surface area contributed by atoms with Crippen LogP contribution in [0.1, 0.15) is 20.3 Å². The minimum absolute atomic E-state index is 0.0651. The molecule has 5 heteroatoms. The molecule has 0 aliphatic heterocycles. The minimum Gasteiger partial charge on any atom is -0.355 e. The lowest BCUT2D eigenvalue weighted by molar-refractivity contribution is -0.124. The van der Waals surface area contributed by atoms with Crippen LogP contribution in [0.4, 0.5) is 5.69 Å². The molecule has 2 rings (SSSR count). The van der Waals surface area contributed by atoms with Crippen molar-refractivity contribution in [2.45, 2.75) is 26.3 Å². The van der Waals surface area contributed by atoms with Crippen LogP contribution in [0.15, 0.2) is 42.5 Å². The molecule has 0 aromatic heterocycles. The first-order chi connectivity index (χ1) is 11.5. The maximum absolute atomic E-state index is 12.4. The van der Waals surface area contributed by atoms with Crippen LogP contribution < -0.4 is 10.6 Å². The summed E-state index contributed by atoms with van der Waals surface area (Å²) in [5, 5.41) is 7.94. The number of carbonyl (C=O) groups excluding carboxylic acids is 2. The van der Waals surface area contributed by atoms with E-state index < -0.39 is 6.04 Å². The molecule has 0 aliphatic carbocycles. The molecule has 0 radical (unpaired) electrons. The summed E-state index contributed by atoms with van der Waals surface area (Å²) in [4.78, 5) is 25.9. The van der Waals surface area contributed by atoms with Gasteiger partial charge < -0.3 is 10.6 Å². The number of rotatable bonds is 7. The lowest BCUT2D eigenvalue weighted by atomic mass is 10.1. The summed E-state index contributed by atoms with van der Waals surface area (Å²) in [7, 11) is 1.77. The standard InChI is InChI=1S/C19H25N3O2/c1-4-11-20-18(23)13-22(3)14(2)19(24)21-17-10-9-15-7-5-6-8-16(15)12-17/h5-10,12,14H,4,11,13H2,1-3H3,(H,20,23)(H,21,24)/t14-/m1/s1. The molecule has 0 fully saturated rings. The Hall–Kier alpha value is -2.40. The summed E-state index contributed by atoms with van der Waals surface area (Å²) >= 11 is 0. The third-order valence-electron chi connectivity index (χ3n) is 4.02. The van der Waals surface area contributed by atoms with Crippen molar-refractivity contribution in [2.75, 3.05) is 25.5 Å². The van der Waals surface area contributed by atoms with Crippen molar-refractivity contribution in [3.8, 4) is 0 Å². The number of hydrogen-bond donors (Lipinski definition) is 2. The fourth-order valence-corrected chi connectivity index (χ4v) is 2.40. The van der Waals surface area contributed by atoms with Gasteiger partial charge in [-0.05, 0) is 43.3 Å². The van der Waals surface area contributed by atoms with Gasteiger partial charge in [0.2, 0.25) is 11.8 Å². The highest BCUT2D eigenvalue weighted by Crippen LogP contribution is 2.19. The number of fused-ring (bicyclic) bond motifs is 1. The van der Waals surface area contributed by atoms with E-state index in [0.717, 1.165) is 22.9 Å². The van der Waals surface area contributed by atoms with Crippen molar-refractivity contribution in [1.82, 2.24) is 10.2 Å². The number of hydrogen-bond acceptors (Lipinski definition) is 3. The number of likely N-dealkylation sites (N-methyl/N-ethyl adjacent to an activating group) is 1. The molecule has 0 saturated carbocycles. The number of anilines is 1. The zero-order chi connectivity index (χ0) is 17.5. The first kappa shape index (κ1) is 17.9. The van der Waals surface area contributed by atoms with Crippen LogP contribution in [0.25, 0.3) is 10.8 Å². The largest absolute Gasteiger partial charge is 0.355 e. The monoisotopic (exact) mass is 327 g/mol. The van der Waals surface area contributed by atoms with Gasteiger partial charge in [-0.25, -0.2) is 0 Å². The maximum Gasteiger partial charge on any atom is 0.241 e. The second-order valence-electron chi connectivity index (χ2n) is 5.99. The summed E-state index contributed by atoms with van der Waals surface area (Å²) in [5.41, 5.74) is 0.759. The maximum atomic E-state index is 12.4. The van der Waals surface area contributed by atoms with Gasteiger partial charge in [-0.3, -0.25) is 14.5 Å². The van der Waals surface area contributed by atoms with E-state index in [1.165, 1.54) is 0 Å². The zero-order valence-electron chi connectivity index (χ0n) is 14.5. The van der Waals surface area contributed by atoms with Crippen LogP contribution in [-0.4, -0.2) is 42.9 Å². The topological polar surface area (TPSA) is 61.4 Å². The van der Waals surface area contributed by atoms with E-state index in [9.17, 15) is 9.59 Å². The third kappa shape index (κ3) is 4.80.